The third-order valence-corrected chi connectivity index (χ3v) is 5.55. The van der Waals surface area contributed by atoms with Crippen molar-refractivity contribution in [2.75, 3.05) is 13.1 Å². The second-order valence-corrected chi connectivity index (χ2v) is 8.42. The van der Waals surface area contributed by atoms with Gasteiger partial charge in [0.05, 0.1) is 4.90 Å². The first-order chi connectivity index (χ1) is 12.8. The fourth-order valence-corrected chi connectivity index (χ4v) is 3.43. The van der Waals surface area contributed by atoms with Gasteiger partial charge in [-0.05, 0) is 42.2 Å². The van der Waals surface area contributed by atoms with Gasteiger partial charge in [-0.2, -0.15) is 0 Å². The van der Waals surface area contributed by atoms with Gasteiger partial charge in [-0.25, -0.2) is 13.1 Å². The maximum Gasteiger partial charge on any atom is 0.244 e. The molecule has 27 heavy (non-hydrogen) atoms. The molecular weight excluding hydrogens is 360 g/mol. The topological polar surface area (TPSA) is 75.3 Å². The molecule has 0 aliphatic heterocycles. The second kappa shape index (κ2) is 9.48. The van der Waals surface area contributed by atoms with Crippen LogP contribution >= 0.6 is 0 Å². The van der Waals surface area contributed by atoms with Crippen LogP contribution in [0.5, 0.6) is 0 Å². The molecule has 1 amide bonds. The molecule has 2 rings (SSSR count). The van der Waals surface area contributed by atoms with E-state index in [9.17, 15) is 13.2 Å². The van der Waals surface area contributed by atoms with Gasteiger partial charge in [0.15, 0.2) is 0 Å². The summed E-state index contributed by atoms with van der Waals surface area (Å²) in [6.07, 6.45) is 3.18. The van der Waals surface area contributed by atoms with Crippen LogP contribution in [0.4, 0.5) is 0 Å². The van der Waals surface area contributed by atoms with E-state index >= 15 is 0 Å². The van der Waals surface area contributed by atoms with Gasteiger partial charge in [0.1, 0.15) is 0 Å². The number of benzene rings is 2. The summed E-state index contributed by atoms with van der Waals surface area (Å²) in [6.45, 7) is 6.49. The van der Waals surface area contributed by atoms with Gasteiger partial charge in [-0.1, -0.05) is 55.8 Å². The molecule has 0 fully saturated rings. The lowest BCUT2D eigenvalue weighted by Crippen LogP contribution is -2.34. The zero-order chi connectivity index (χ0) is 19.9. The average molecular weight is 387 g/mol. The molecule has 0 aliphatic carbocycles. The van der Waals surface area contributed by atoms with Gasteiger partial charge in [0, 0.05) is 19.2 Å². The Labute approximate surface area is 161 Å². The first-order valence-corrected chi connectivity index (χ1v) is 10.4. The molecule has 0 radical (unpaired) electrons. The van der Waals surface area contributed by atoms with Crippen LogP contribution < -0.4 is 10.0 Å². The summed E-state index contributed by atoms with van der Waals surface area (Å²) in [5.74, 6) is 0.201. The maximum absolute atomic E-state index is 12.1. The molecule has 144 valence electrons. The Morgan fingerprint density at radius 3 is 2.22 bits per heavy atom. The molecule has 0 saturated carbocycles. The van der Waals surface area contributed by atoms with Crippen LogP contribution in [0.1, 0.15) is 36.5 Å². The molecule has 0 aliphatic rings. The van der Waals surface area contributed by atoms with Crippen molar-refractivity contribution in [1.82, 2.24) is 10.0 Å². The number of rotatable bonds is 8. The fraction of sp³-hybridized carbons (Fsp3) is 0.286. The third kappa shape index (κ3) is 6.66. The lowest BCUT2D eigenvalue weighted by Gasteiger charge is -2.07. The quantitative estimate of drug-likeness (QED) is 0.540. The Kier molecular flexibility index (Phi) is 7.33. The number of carbonyl (C=O) groups is 1. The second-order valence-electron chi connectivity index (χ2n) is 6.66. The minimum atomic E-state index is -3.56. The van der Waals surface area contributed by atoms with Crippen LogP contribution in [0.2, 0.25) is 0 Å². The molecule has 0 heterocycles. The summed E-state index contributed by atoms with van der Waals surface area (Å²) in [5.41, 5.74) is 3.18. The van der Waals surface area contributed by atoms with E-state index in [1.54, 1.807) is 30.3 Å². The Hall–Kier alpha value is -2.44. The fourth-order valence-electron chi connectivity index (χ4n) is 2.39. The normalized spacial score (nSPS) is 11.9. The SMILES string of the molecule is Cc1ccc(S(=O)(=O)NCCNC(=O)/C=C/c2ccc(C(C)C)cc2)cc1. The first-order valence-electron chi connectivity index (χ1n) is 8.90. The molecule has 0 bridgehead atoms. The van der Waals surface area contributed by atoms with E-state index in [0.717, 1.165) is 11.1 Å². The maximum atomic E-state index is 12.1. The molecule has 5 nitrogen and oxygen atoms in total. The van der Waals surface area contributed by atoms with Crippen molar-refractivity contribution in [2.24, 2.45) is 0 Å². The predicted octanol–water partition coefficient (Wildman–Crippen LogP) is 3.23. The smallest absolute Gasteiger partial charge is 0.244 e. The van der Waals surface area contributed by atoms with E-state index in [1.165, 1.54) is 11.6 Å². The lowest BCUT2D eigenvalue weighted by atomic mass is 10.0. The Bertz CT molecular complexity index is 884. The van der Waals surface area contributed by atoms with Crippen molar-refractivity contribution < 1.29 is 13.2 Å². The number of carbonyl (C=O) groups excluding carboxylic acids is 1. The summed E-state index contributed by atoms with van der Waals surface area (Å²) in [4.78, 5) is 12.1. The van der Waals surface area contributed by atoms with Crippen molar-refractivity contribution in [3.05, 3.63) is 71.3 Å². The molecule has 0 aromatic heterocycles. The van der Waals surface area contributed by atoms with E-state index < -0.39 is 10.0 Å². The number of amides is 1. The highest BCUT2D eigenvalue weighted by molar-refractivity contribution is 7.89. The van der Waals surface area contributed by atoms with Crippen LogP contribution in [0.25, 0.3) is 6.08 Å². The van der Waals surface area contributed by atoms with Crippen molar-refractivity contribution in [3.8, 4) is 0 Å². The van der Waals surface area contributed by atoms with E-state index in [4.69, 9.17) is 0 Å². The number of aryl methyl sites for hydroxylation is 1. The highest BCUT2D eigenvalue weighted by atomic mass is 32.2. The van der Waals surface area contributed by atoms with E-state index in [0.29, 0.717) is 5.92 Å². The Morgan fingerprint density at radius 2 is 1.63 bits per heavy atom. The molecule has 0 saturated heterocycles. The molecule has 6 heteroatoms. The molecule has 2 aromatic rings. The molecule has 2 aromatic carbocycles. The molecule has 0 spiro atoms. The minimum absolute atomic E-state index is 0.124. The predicted molar refractivity (Wildman–Crippen MR) is 109 cm³/mol. The van der Waals surface area contributed by atoms with Gasteiger partial charge in [0.25, 0.3) is 0 Å². The van der Waals surface area contributed by atoms with Crippen molar-refractivity contribution in [1.29, 1.82) is 0 Å². The summed E-state index contributed by atoms with van der Waals surface area (Å²) < 4.78 is 26.7. The van der Waals surface area contributed by atoms with E-state index in [-0.39, 0.29) is 23.9 Å². The molecule has 0 unspecified atom stereocenters. The minimum Gasteiger partial charge on any atom is -0.351 e. The van der Waals surface area contributed by atoms with Crippen LogP contribution in [-0.4, -0.2) is 27.4 Å². The van der Waals surface area contributed by atoms with Crippen molar-refractivity contribution in [2.45, 2.75) is 31.6 Å². The Balaban J connectivity index is 1.77. The average Bonchev–Trinajstić information content (AvgIpc) is 2.64. The van der Waals surface area contributed by atoms with Gasteiger partial charge in [0.2, 0.25) is 15.9 Å². The monoisotopic (exact) mass is 386 g/mol. The largest absolute Gasteiger partial charge is 0.351 e. The standard InChI is InChI=1S/C21H26N2O3S/c1-16(2)19-9-6-18(7-10-19)8-13-21(24)22-14-15-23-27(25,26)20-11-4-17(3)5-12-20/h4-13,16,23H,14-15H2,1-3H3,(H,22,24)/b13-8+. The van der Waals surface area contributed by atoms with Gasteiger partial charge >= 0.3 is 0 Å². The molecular formula is C21H26N2O3S. The van der Waals surface area contributed by atoms with Crippen LogP contribution in [-0.2, 0) is 14.8 Å². The van der Waals surface area contributed by atoms with E-state index in [2.05, 4.69) is 23.9 Å². The summed E-state index contributed by atoms with van der Waals surface area (Å²) in [7, 11) is -3.56. The van der Waals surface area contributed by atoms with Crippen LogP contribution in [0.15, 0.2) is 59.5 Å². The Morgan fingerprint density at radius 1 is 1.00 bits per heavy atom. The van der Waals surface area contributed by atoms with Crippen LogP contribution in [0, 0.1) is 6.92 Å². The van der Waals surface area contributed by atoms with Crippen molar-refractivity contribution >= 4 is 22.0 Å². The molecule has 2 N–H and O–H groups in total. The first kappa shape index (κ1) is 20.9. The number of hydrogen-bond acceptors (Lipinski definition) is 3. The number of sulfonamides is 1. The van der Waals surface area contributed by atoms with Crippen molar-refractivity contribution in [3.63, 3.8) is 0 Å². The number of hydrogen-bond donors (Lipinski definition) is 2. The zero-order valence-corrected chi connectivity index (χ0v) is 16.7. The number of nitrogens with one attached hydrogen (secondary N) is 2. The van der Waals surface area contributed by atoms with E-state index in [1.807, 2.05) is 31.2 Å². The summed E-state index contributed by atoms with van der Waals surface area (Å²) >= 11 is 0. The highest BCUT2D eigenvalue weighted by Crippen LogP contribution is 2.15. The summed E-state index contributed by atoms with van der Waals surface area (Å²) in [5, 5.41) is 2.66. The van der Waals surface area contributed by atoms with Gasteiger partial charge in [-0.3, -0.25) is 4.79 Å². The van der Waals surface area contributed by atoms with Crippen LogP contribution in [0.3, 0.4) is 0 Å². The molecule has 0 atom stereocenters. The van der Waals surface area contributed by atoms with Gasteiger partial charge in [-0.15, -0.1) is 0 Å². The third-order valence-electron chi connectivity index (χ3n) is 4.08. The highest BCUT2D eigenvalue weighted by Gasteiger charge is 2.12. The van der Waals surface area contributed by atoms with Gasteiger partial charge < -0.3 is 5.32 Å². The summed E-state index contributed by atoms with van der Waals surface area (Å²) in [6, 6.07) is 14.6. The lowest BCUT2D eigenvalue weighted by molar-refractivity contribution is -0.116. The zero-order valence-electron chi connectivity index (χ0n) is 15.9.